The number of ether oxygens (including phenoxy) is 1. The first-order valence-electron chi connectivity index (χ1n) is 6.05. The molecule has 0 unspecified atom stereocenters. The Labute approximate surface area is 123 Å². The number of hydrogen-bond donors (Lipinski definition) is 0. The summed E-state index contributed by atoms with van der Waals surface area (Å²) in [5.74, 6) is 0.458. The van der Waals surface area contributed by atoms with Crippen LogP contribution in [0, 0.1) is 18.3 Å². The summed E-state index contributed by atoms with van der Waals surface area (Å²) in [6.07, 6.45) is 0. The minimum Gasteiger partial charge on any atom is -0.493 e. The molecule has 108 valence electrons. The minimum absolute atomic E-state index is 0.0240. The van der Waals surface area contributed by atoms with Crippen molar-refractivity contribution in [2.24, 2.45) is 0 Å². The molecule has 2 aromatic rings. The van der Waals surface area contributed by atoms with Crippen molar-refractivity contribution in [3.8, 4) is 17.6 Å². The zero-order valence-corrected chi connectivity index (χ0v) is 12.3. The fourth-order valence-electron chi connectivity index (χ4n) is 1.71. The molecule has 21 heavy (non-hydrogen) atoms. The lowest BCUT2D eigenvalue weighted by Gasteiger charge is -2.11. The first kappa shape index (κ1) is 14.9. The van der Waals surface area contributed by atoms with Gasteiger partial charge in [0, 0.05) is 0 Å². The number of nitriles is 1. The first-order chi connectivity index (χ1) is 9.96. The van der Waals surface area contributed by atoms with Gasteiger partial charge in [-0.05, 0) is 48.9 Å². The van der Waals surface area contributed by atoms with E-state index in [1.807, 2.05) is 13.0 Å². The van der Waals surface area contributed by atoms with Crippen molar-refractivity contribution in [3.05, 3.63) is 53.6 Å². The maximum absolute atomic E-state index is 12.2. The molecule has 0 aliphatic carbocycles. The maximum Gasteiger partial charge on any atom is 0.339 e. The van der Waals surface area contributed by atoms with Crippen molar-refractivity contribution < 1.29 is 17.3 Å². The Morgan fingerprint density at radius 1 is 1.05 bits per heavy atom. The molecule has 0 fully saturated rings. The van der Waals surface area contributed by atoms with Crippen molar-refractivity contribution >= 4 is 10.1 Å². The van der Waals surface area contributed by atoms with Crippen molar-refractivity contribution in [2.75, 3.05) is 7.11 Å². The molecule has 0 aliphatic heterocycles. The highest BCUT2D eigenvalue weighted by molar-refractivity contribution is 7.87. The number of hydrogen-bond acceptors (Lipinski definition) is 5. The van der Waals surface area contributed by atoms with Gasteiger partial charge in [-0.3, -0.25) is 0 Å². The van der Waals surface area contributed by atoms with Crippen LogP contribution in [0.3, 0.4) is 0 Å². The lowest BCUT2D eigenvalue weighted by molar-refractivity contribution is 0.390. The normalized spacial score (nSPS) is 10.7. The zero-order valence-electron chi connectivity index (χ0n) is 11.5. The predicted octanol–water partition coefficient (Wildman–Crippen LogP) is 2.64. The van der Waals surface area contributed by atoms with Gasteiger partial charge in [0.1, 0.15) is 4.90 Å². The Hall–Kier alpha value is -2.52. The molecule has 2 rings (SSSR count). The Balaban J connectivity index is 2.35. The van der Waals surface area contributed by atoms with E-state index in [0.717, 1.165) is 5.56 Å². The van der Waals surface area contributed by atoms with E-state index in [-0.39, 0.29) is 10.6 Å². The second-order valence-corrected chi connectivity index (χ2v) is 5.87. The largest absolute Gasteiger partial charge is 0.493 e. The van der Waals surface area contributed by atoms with Gasteiger partial charge in [0.05, 0.1) is 18.7 Å². The molecule has 0 amide bonds. The van der Waals surface area contributed by atoms with Crippen LogP contribution >= 0.6 is 0 Å². The van der Waals surface area contributed by atoms with Gasteiger partial charge in [-0.2, -0.15) is 13.7 Å². The van der Waals surface area contributed by atoms with Crippen LogP contribution in [0.25, 0.3) is 0 Å². The van der Waals surface area contributed by atoms with Gasteiger partial charge in [-0.25, -0.2) is 0 Å². The van der Waals surface area contributed by atoms with Gasteiger partial charge < -0.3 is 8.92 Å². The van der Waals surface area contributed by atoms with Crippen LogP contribution in [0.15, 0.2) is 47.4 Å². The molecule has 6 heteroatoms. The van der Waals surface area contributed by atoms with E-state index in [9.17, 15) is 8.42 Å². The van der Waals surface area contributed by atoms with Crippen molar-refractivity contribution in [1.82, 2.24) is 0 Å². The zero-order chi connectivity index (χ0) is 15.5. The molecule has 0 aromatic heterocycles. The summed E-state index contributed by atoms with van der Waals surface area (Å²) in [6, 6.07) is 12.4. The highest BCUT2D eigenvalue weighted by Gasteiger charge is 2.19. The third-order valence-electron chi connectivity index (χ3n) is 2.79. The fourth-order valence-corrected chi connectivity index (χ4v) is 2.65. The molecule has 5 nitrogen and oxygen atoms in total. The maximum atomic E-state index is 12.2. The number of benzene rings is 2. The van der Waals surface area contributed by atoms with Crippen LogP contribution in [-0.4, -0.2) is 15.5 Å². The second kappa shape index (κ2) is 5.85. The average Bonchev–Trinajstić information content (AvgIpc) is 2.49. The van der Waals surface area contributed by atoms with Crippen LogP contribution in [0.2, 0.25) is 0 Å². The number of rotatable bonds is 4. The summed E-state index contributed by atoms with van der Waals surface area (Å²) in [7, 11) is -2.53. The van der Waals surface area contributed by atoms with Crippen LogP contribution in [0.4, 0.5) is 0 Å². The molecule has 2 aromatic carbocycles. The minimum atomic E-state index is -3.97. The summed E-state index contributed by atoms with van der Waals surface area (Å²) in [6.45, 7) is 1.86. The van der Waals surface area contributed by atoms with E-state index in [1.165, 1.54) is 37.4 Å². The smallest absolute Gasteiger partial charge is 0.339 e. The third-order valence-corrected chi connectivity index (χ3v) is 4.04. The van der Waals surface area contributed by atoms with Gasteiger partial charge in [0.15, 0.2) is 11.5 Å². The Bertz CT molecular complexity index is 789. The molecule has 0 radical (unpaired) electrons. The summed E-state index contributed by atoms with van der Waals surface area (Å²) in [4.78, 5) is -0.0240. The fraction of sp³-hybridized carbons (Fsp3) is 0.133. The second-order valence-electron chi connectivity index (χ2n) is 4.33. The van der Waals surface area contributed by atoms with Crippen LogP contribution in [-0.2, 0) is 10.1 Å². The lowest BCUT2D eigenvalue weighted by Crippen LogP contribution is -2.10. The van der Waals surface area contributed by atoms with Crippen molar-refractivity contribution in [3.63, 3.8) is 0 Å². The highest BCUT2D eigenvalue weighted by Crippen LogP contribution is 2.30. The van der Waals surface area contributed by atoms with Crippen LogP contribution in [0.5, 0.6) is 11.5 Å². The van der Waals surface area contributed by atoms with E-state index in [2.05, 4.69) is 0 Å². The Morgan fingerprint density at radius 3 is 2.29 bits per heavy atom. The highest BCUT2D eigenvalue weighted by atomic mass is 32.2. The Morgan fingerprint density at radius 2 is 1.71 bits per heavy atom. The SMILES string of the molecule is COc1cc(C)ccc1OS(=O)(=O)c1ccc(C#N)cc1. The average molecular weight is 303 g/mol. The quantitative estimate of drug-likeness (QED) is 0.812. The molecular formula is C15H13NO4S. The first-order valence-corrected chi connectivity index (χ1v) is 7.46. The number of nitrogens with zero attached hydrogens (tertiary/aromatic N) is 1. The molecule has 0 heterocycles. The number of aryl methyl sites for hydroxylation is 1. The summed E-state index contributed by atoms with van der Waals surface area (Å²) in [5.41, 5.74) is 1.30. The molecular weight excluding hydrogens is 290 g/mol. The van der Waals surface area contributed by atoms with Gasteiger partial charge in [-0.1, -0.05) is 6.07 Å². The van der Waals surface area contributed by atoms with Crippen molar-refractivity contribution in [1.29, 1.82) is 5.26 Å². The molecule has 0 atom stereocenters. The van der Waals surface area contributed by atoms with E-state index in [1.54, 1.807) is 12.1 Å². The summed E-state index contributed by atoms with van der Waals surface area (Å²) in [5, 5.41) is 8.71. The van der Waals surface area contributed by atoms with Gasteiger partial charge >= 0.3 is 10.1 Å². The summed E-state index contributed by atoms with van der Waals surface area (Å²) >= 11 is 0. The standard InChI is InChI=1S/C15H13NO4S/c1-11-3-8-14(15(9-11)19-2)20-21(17,18)13-6-4-12(10-16)5-7-13/h3-9H,1-2H3. The predicted molar refractivity (Wildman–Crippen MR) is 76.7 cm³/mol. The van der Waals surface area contributed by atoms with E-state index in [0.29, 0.717) is 11.3 Å². The Kier molecular flexibility index (Phi) is 4.15. The van der Waals surface area contributed by atoms with Crippen LogP contribution in [0.1, 0.15) is 11.1 Å². The monoisotopic (exact) mass is 303 g/mol. The molecule has 0 N–H and O–H groups in total. The summed E-state index contributed by atoms with van der Waals surface area (Å²) < 4.78 is 34.6. The lowest BCUT2D eigenvalue weighted by atomic mass is 10.2. The van der Waals surface area contributed by atoms with E-state index >= 15 is 0 Å². The van der Waals surface area contributed by atoms with Gasteiger partial charge in [-0.15, -0.1) is 0 Å². The van der Waals surface area contributed by atoms with E-state index in [4.69, 9.17) is 14.2 Å². The van der Waals surface area contributed by atoms with E-state index < -0.39 is 10.1 Å². The number of methoxy groups -OCH3 is 1. The topological polar surface area (TPSA) is 76.4 Å². The molecule has 0 saturated carbocycles. The molecule has 0 saturated heterocycles. The van der Waals surface area contributed by atoms with Crippen LogP contribution < -0.4 is 8.92 Å². The van der Waals surface area contributed by atoms with Gasteiger partial charge in [0.25, 0.3) is 0 Å². The molecule has 0 spiro atoms. The van der Waals surface area contributed by atoms with Crippen molar-refractivity contribution in [2.45, 2.75) is 11.8 Å². The third kappa shape index (κ3) is 3.33. The van der Waals surface area contributed by atoms with Gasteiger partial charge in [0.2, 0.25) is 0 Å². The molecule has 0 aliphatic rings. The molecule has 0 bridgehead atoms.